The number of benzene rings is 1. The summed E-state index contributed by atoms with van der Waals surface area (Å²) in [6.07, 6.45) is 5.99. The number of hydrogen-bond donors (Lipinski definition) is 1. The molecule has 0 unspecified atom stereocenters. The van der Waals surface area contributed by atoms with Gasteiger partial charge >= 0.3 is 0 Å². The van der Waals surface area contributed by atoms with Crippen molar-refractivity contribution in [3.05, 3.63) is 63.7 Å². The number of pyridine rings is 1. The van der Waals surface area contributed by atoms with Gasteiger partial charge in [-0.05, 0) is 87.2 Å². The summed E-state index contributed by atoms with van der Waals surface area (Å²) in [5.74, 6) is -1.28. The molecular formula is C32H42F2N4O2. The van der Waals surface area contributed by atoms with Crippen LogP contribution in [0.3, 0.4) is 0 Å². The fourth-order valence-corrected chi connectivity index (χ4v) is 6.84. The molecule has 0 bridgehead atoms. The number of nitrogens with one attached hydrogen (secondary N) is 1. The standard InChI is InChI=1S/C32H40F2N4O2.H2/c1-4-35-30(40-5-2)31(19-32(33,34)20-31)23-9-6-10-25(14-23)38-18-27(22-11-12-22)26-15-24(36-28(26)29(38)39)17-37-13-7-8-21(3)16-37;/h6,9-10,14-15,18,21-22,36H,4-5,7-8,11-13,16-17,19-20H2,1-3H3;1H/t21-;/m0./s1. The van der Waals surface area contributed by atoms with Gasteiger partial charge in [-0.25, -0.2) is 8.78 Å². The molecule has 40 heavy (non-hydrogen) atoms. The van der Waals surface area contributed by atoms with E-state index in [0.29, 0.717) is 47.7 Å². The van der Waals surface area contributed by atoms with Crippen molar-refractivity contribution in [2.75, 3.05) is 26.2 Å². The maximum absolute atomic E-state index is 14.4. The van der Waals surface area contributed by atoms with E-state index in [1.807, 2.05) is 44.3 Å². The first-order valence-corrected chi connectivity index (χ1v) is 14.9. The van der Waals surface area contributed by atoms with Crippen LogP contribution in [0.15, 0.2) is 46.3 Å². The zero-order chi connectivity index (χ0) is 28.1. The Morgan fingerprint density at radius 1 is 1.20 bits per heavy atom. The van der Waals surface area contributed by atoms with E-state index in [1.165, 1.54) is 18.4 Å². The number of H-pyrrole nitrogens is 1. The summed E-state index contributed by atoms with van der Waals surface area (Å²) in [7, 11) is 0. The first kappa shape index (κ1) is 27.2. The van der Waals surface area contributed by atoms with Gasteiger partial charge < -0.3 is 9.72 Å². The number of aromatic nitrogens is 2. The predicted octanol–water partition coefficient (Wildman–Crippen LogP) is 6.80. The Kier molecular flexibility index (Phi) is 7.09. The third-order valence-corrected chi connectivity index (χ3v) is 8.83. The maximum atomic E-state index is 14.4. The highest BCUT2D eigenvalue weighted by molar-refractivity contribution is 5.90. The van der Waals surface area contributed by atoms with Crippen molar-refractivity contribution in [1.82, 2.24) is 14.5 Å². The molecule has 0 amide bonds. The molecule has 2 saturated carbocycles. The van der Waals surface area contributed by atoms with Gasteiger partial charge in [0.1, 0.15) is 5.52 Å². The molecule has 3 heterocycles. The number of ether oxygens (including phenoxy) is 1. The third-order valence-electron chi connectivity index (χ3n) is 8.83. The summed E-state index contributed by atoms with van der Waals surface area (Å²) < 4.78 is 36.3. The van der Waals surface area contributed by atoms with Crippen LogP contribution < -0.4 is 5.56 Å². The lowest BCUT2D eigenvalue weighted by Gasteiger charge is -2.47. The second-order valence-corrected chi connectivity index (χ2v) is 12.2. The predicted molar refractivity (Wildman–Crippen MR) is 157 cm³/mol. The normalized spacial score (nSPS) is 22.8. The van der Waals surface area contributed by atoms with Gasteiger partial charge in [-0.1, -0.05) is 19.1 Å². The van der Waals surface area contributed by atoms with Crippen molar-refractivity contribution in [1.29, 1.82) is 0 Å². The van der Waals surface area contributed by atoms with Gasteiger partial charge in [-0.15, -0.1) is 0 Å². The van der Waals surface area contributed by atoms with Gasteiger partial charge in [0.05, 0.1) is 12.0 Å². The first-order chi connectivity index (χ1) is 19.2. The van der Waals surface area contributed by atoms with Gasteiger partial charge in [0.15, 0.2) is 5.90 Å². The van der Waals surface area contributed by atoms with Crippen molar-refractivity contribution in [2.24, 2.45) is 10.9 Å². The number of halogens is 2. The highest BCUT2D eigenvalue weighted by Crippen LogP contribution is 2.55. The van der Waals surface area contributed by atoms with Crippen LogP contribution >= 0.6 is 0 Å². The zero-order valence-electron chi connectivity index (χ0n) is 23.8. The molecule has 2 aliphatic carbocycles. The van der Waals surface area contributed by atoms with Gasteiger partial charge in [0.2, 0.25) is 0 Å². The molecule has 6 rings (SSSR count). The number of aromatic amines is 1. The third kappa shape index (κ3) is 5.00. The van der Waals surface area contributed by atoms with E-state index < -0.39 is 11.3 Å². The molecule has 3 fully saturated rings. The molecule has 1 atom stereocenters. The molecule has 3 aromatic rings. The van der Waals surface area contributed by atoms with Crippen LogP contribution in [0.2, 0.25) is 0 Å². The molecule has 216 valence electrons. The van der Waals surface area contributed by atoms with Crippen LogP contribution in [0.4, 0.5) is 8.78 Å². The Hall–Kier alpha value is -3.00. The molecular weight excluding hydrogens is 510 g/mol. The van der Waals surface area contributed by atoms with Crippen molar-refractivity contribution in [2.45, 2.75) is 83.1 Å². The highest BCUT2D eigenvalue weighted by Gasteiger charge is 2.61. The Morgan fingerprint density at radius 2 is 2.00 bits per heavy atom. The van der Waals surface area contributed by atoms with E-state index in [4.69, 9.17) is 4.74 Å². The second-order valence-electron chi connectivity index (χ2n) is 12.2. The first-order valence-electron chi connectivity index (χ1n) is 14.9. The molecule has 0 spiro atoms. The maximum Gasteiger partial charge on any atom is 0.279 e. The number of rotatable bonds is 8. The lowest BCUT2D eigenvalue weighted by Crippen LogP contribution is -2.55. The number of fused-ring (bicyclic) bond motifs is 1. The molecule has 1 saturated heterocycles. The minimum Gasteiger partial charge on any atom is -0.481 e. The minimum atomic E-state index is -2.77. The largest absolute Gasteiger partial charge is 0.481 e. The fourth-order valence-electron chi connectivity index (χ4n) is 6.84. The molecule has 1 aliphatic heterocycles. The number of piperidine rings is 1. The molecule has 1 aromatic carbocycles. The Bertz CT molecular complexity index is 1480. The summed E-state index contributed by atoms with van der Waals surface area (Å²) >= 11 is 0. The number of alkyl halides is 2. The summed E-state index contributed by atoms with van der Waals surface area (Å²) in [5.41, 5.74) is 3.16. The topological polar surface area (TPSA) is 62.6 Å². The SMILES string of the molecule is CCN=C(OCC)C1(c2cccc(-n3cc(C4CC4)c4cc(CN5CCC[C@H](C)C5)[nH]c4c3=O)c2)CC(F)(F)C1.[HH]. The van der Waals surface area contributed by atoms with E-state index in [9.17, 15) is 13.6 Å². The van der Waals surface area contributed by atoms with Crippen LogP contribution in [-0.4, -0.2) is 52.5 Å². The second kappa shape index (κ2) is 10.4. The molecule has 8 heteroatoms. The van der Waals surface area contributed by atoms with Crippen LogP contribution in [0.1, 0.15) is 83.5 Å². The number of hydrogen-bond acceptors (Lipinski definition) is 4. The summed E-state index contributed by atoms with van der Waals surface area (Å²) in [6, 6.07) is 9.64. The Labute approximate surface area is 235 Å². The molecule has 2 aromatic heterocycles. The van der Waals surface area contributed by atoms with Crippen molar-refractivity contribution in [3.63, 3.8) is 0 Å². The van der Waals surface area contributed by atoms with Crippen molar-refractivity contribution in [3.8, 4) is 5.69 Å². The lowest BCUT2D eigenvalue weighted by molar-refractivity contribution is -0.110. The number of nitrogens with zero attached hydrogens (tertiary/aromatic N) is 3. The highest BCUT2D eigenvalue weighted by atomic mass is 19.3. The molecule has 6 nitrogen and oxygen atoms in total. The Balaban J connectivity index is 0.00000337. The minimum absolute atomic E-state index is 0. The van der Waals surface area contributed by atoms with Gasteiger partial charge in [-0.2, -0.15) is 0 Å². The van der Waals surface area contributed by atoms with Gasteiger partial charge in [0, 0.05) is 56.9 Å². The van der Waals surface area contributed by atoms with Crippen LogP contribution in [-0.2, 0) is 16.7 Å². The van der Waals surface area contributed by atoms with E-state index in [0.717, 1.165) is 43.6 Å². The van der Waals surface area contributed by atoms with E-state index >= 15 is 0 Å². The van der Waals surface area contributed by atoms with E-state index in [2.05, 4.69) is 27.9 Å². The van der Waals surface area contributed by atoms with E-state index in [1.54, 1.807) is 4.57 Å². The smallest absolute Gasteiger partial charge is 0.279 e. The van der Waals surface area contributed by atoms with Gasteiger partial charge in [0.25, 0.3) is 11.5 Å². The average molecular weight is 553 g/mol. The summed E-state index contributed by atoms with van der Waals surface area (Å²) in [4.78, 5) is 24.4. The summed E-state index contributed by atoms with van der Waals surface area (Å²) in [6.45, 7) is 9.81. The molecule has 3 aliphatic rings. The van der Waals surface area contributed by atoms with Crippen molar-refractivity contribution < 1.29 is 14.9 Å². The fraction of sp³-hybridized carbons (Fsp3) is 0.562. The van der Waals surface area contributed by atoms with E-state index in [-0.39, 0.29) is 19.8 Å². The number of aliphatic imine (C=N–C) groups is 1. The monoisotopic (exact) mass is 552 g/mol. The Morgan fingerprint density at radius 3 is 2.67 bits per heavy atom. The van der Waals surface area contributed by atoms with Crippen LogP contribution in [0.5, 0.6) is 0 Å². The van der Waals surface area contributed by atoms with Crippen LogP contribution in [0.25, 0.3) is 16.6 Å². The molecule has 0 radical (unpaired) electrons. The average Bonchev–Trinajstić information content (AvgIpc) is 3.66. The zero-order valence-corrected chi connectivity index (χ0v) is 23.8. The quantitative estimate of drug-likeness (QED) is 0.247. The van der Waals surface area contributed by atoms with Gasteiger partial charge in [-0.3, -0.25) is 19.3 Å². The molecule has 1 N–H and O–H groups in total. The number of likely N-dealkylation sites (tertiary alicyclic amines) is 1. The summed E-state index contributed by atoms with van der Waals surface area (Å²) in [5, 5.41) is 1.02. The van der Waals surface area contributed by atoms with Crippen LogP contribution in [0, 0.1) is 5.92 Å². The lowest BCUT2D eigenvalue weighted by atomic mass is 9.61. The van der Waals surface area contributed by atoms with Crippen molar-refractivity contribution >= 4 is 16.8 Å².